The quantitative estimate of drug-likeness (QED) is 0.566. The van der Waals surface area contributed by atoms with Crippen LogP contribution >= 0.6 is 0 Å². The number of ether oxygens (including phenoxy) is 1. The first-order valence-electron chi connectivity index (χ1n) is 9.73. The Kier molecular flexibility index (Phi) is 7.14. The van der Waals surface area contributed by atoms with Crippen LogP contribution in [0, 0.1) is 0 Å². The van der Waals surface area contributed by atoms with Crippen LogP contribution in [-0.2, 0) is 21.2 Å². The minimum atomic E-state index is -3.31. The smallest absolute Gasteiger partial charge is 0.218 e. The average molecular weight is 399 g/mol. The van der Waals surface area contributed by atoms with Crippen molar-refractivity contribution < 1.29 is 17.6 Å². The zero-order valence-corrected chi connectivity index (χ0v) is 16.8. The fraction of sp³-hybridized carbons (Fsp3) is 0.722. The summed E-state index contributed by atoms with van der Waals surface area (Å²) < 4.78 is 38.2. The van der Waals surface area contributed by atoms with Crippen molar-refractivity contribution in [1.29, 1.82) is 0 Å². The van der Waals surface area contributed by atoms with Gasteiger partial charge in [0.15, 0.2) is 5.96 Å². The van der Waals surface area contributed by atoms with Gasteiger partial charge in [0.25, 0.3) is 0 Å². The van der Waals surface area contributed by atoms with Gasteiger partial charge >= 0.3 is 0 Å². The number of nitrogens with one attached hydrogen (secondary N) is 1. The van der Waals surface area contributed by atoms with Crippen molar-refractivity contribution in [3.8, 4) is 0 Å². The van der Waals surface area contributed by atoms with Gasteiger partial charge in [0.1, 0.15) is 5.76 Å². The molecule has 0 amide bonds. The number of sulfonamides is 1. The molecule has 3 rings (SSSR count). The molecule has 27 heavy (non-hydrogen) atoms. The van der Waals surface area contributed by atoms with Gasteiger partial charge < -0.3 is 19.4 Å². The van der Waals surface area contributed by atoms with E-state index in [1.54, 1.807) is 10.6 Å². The highest BCUT2D eigenvalue weighted by atomic mass is 32.2. The molecule has 152 valence electrons. The van der Waals surface area contributed by atoms with Gasteiger partial charge in [0.2, 0.25) is 10.0 Å². The van der Waals surface area contributed by atoms with E-state index in [1.165, 1.54) is 0 Å². The highest BCUT2D eigenvalue weighted by molar-refractivity contribution is 7.89. The lowest BCUT2D eigenvalue weighted by Gasteiger charge is -2.37. The number of rotatable bonds is 6. The normalized spacial score (nSPS) is 22.8. The molecule has 0 spiro atoms. The fourth-order valence-electron chi connectivity index (χ4n) is 3.54. The van der Waals surface area contributed by atoms with E-state index in [0.717, 1.165) is 37.7 Å². The third-order valence-electron chi connectivity index (χ3n) is 4.96. The molecule has 1 unspecified atom stereocenters. The minimum Gasteiger partial charge on any atom is -0.469 e. The largest absolute Gasteiger partial charge is 0.469 e. The summed E-state index contributed by atoms with van der Waals surface area (Å²) in [7, 11) is -3.31. The van der Waals surface area contributed by atoms with Crippen LogP contribution in [0.15, 0.2) is 27.8 Å². The summed E-state index contributed by atoms with van der Waals surface area (Å²) in [6.07, 6.45) is 3.93. The highest BCUT2D eigenvalue weighted by Gasteiger charge is 2.36. The lowest BCUT2D eigenvalue weighted by atomic mass is 10.1. The second-order valence-electron chi connectivity index (χ2n) is 6.83. The first-order chi connectivity index (χ1) is 13.1. The Hall–Kier alpha value is -1.58. The van der Waals surface area contributed by atoms with E-state index < -0.39 is 15.3 Å². The van der Waals surface area contributed by atoms with Crippen LogP contribution in [-0.4, -0.2) is 81.3 Å². The van der Waals surface area contributed by atoms with Crippen molar-refractivity contribution in [2.75, 3.05) is 52.5 Å². The van der Waals surface area contributed by atoms with Crippen LogP contribution in [0.25, 0.3) is 0 Å². The molecule has 2 aliphatic rings. The van der Waals surface area contributed by atoms with Crippen molar-refractivity contribution >= 4 is 16.0 Å². The van der Waals surface area contributed by atoms with Gasteiger partial charge in [0.05, 0.1) is 24.7 Å². The summed E-state index contributed by atoms with van der Waals surface area (Å²) in [6.45, 7) is 6.54. The number of aliphatic imine (C=N–C) groups is 1. The predicted molar refractivity (Wildman–Crippen MR) is 104 cm³/mol. The molecule has 9 heteroatoms. The van der Waals surface area contributed by atoms with Crippen LogP contribution in [0.2, 0.25) is 0 Å². The Morgan fingerprint density at radius 1 is 1.33 bits per heavy atom. The summed E-state index contributed by atoms with van der Waals surface area (Å²) >= 11 is 0. The monoisotopic (exact) mass is 398 g/mol. The van der Waals surface area contributed by atoms with E-state index in [9.17, 15) is 8.42 Å². The zero-order chi connectivity index (χ0) is 19.1. The van der Waals surface area contributed by atoms with Crippen molar-refractivity contribution in [3.63, 3.8) is 0 Å². The van der Waals surface area contributed by atoms with Crippen LogP contribution in [0.4, 0.5) is 0 Å². The Morgan fingerprint density at radius 2 is 2.15 bits per heavy atom. The number of furan rings is 1. The van der Waals surface area contributed by atoms with Crippen molar-refractivity contribution in [2.24, 2.45) is 4.99 Å². The molecule has 3 heterocycles. The minimum absolute atomic E-state index is 0.390. The van der Waals surface area contributed by atoms with Crippen LogP contribution in [0.1, 0.15) is 25.5 Å². The number of likely N-dealkylation sites (tertiary alicyclic amines) is 1. The molecule has 8 nitrogen and oxygen atoms in total. The van der Waals surface area contributed by atoms with Crippen LogP contribution < -0.4 is 5.32 Å². The van der Waals surface area contributed by atoms with E-state index in [4.69, 9.17) is 9.15 Å². The predicted octanol–water partition coefficient (Wildman–Crippen LogP) is 0.914. The molecule has 0 saturated carbocycles. The highest BCUT2D eigenvalue weighted by Crippen LogP contribution is 2.21. The Labute approximate surface area is 161 Å². The second-order valence-corrected chi connectivity index (χ2v) is 9.04. The van der Waals surface area contributed by atoms with Gasteiger partial charge in [-0.15, -0.1) is 0 Å². The number of piperidine rings is 1. The van der Waals surface area contributed by atoms with Gasteiger partial charge in [-0.2, -0.15) is 4.31 Å². The maximum absolute atomic E-state index is 13.0. The molecule has 0 aromatic carbocycles. The lowest BCUT2D eigenvalue weighted by Crippen LogP contribution is -2.54. The molecular weight excluding hydrogens is 368 g/mol. The summed E-state index contributed by atoms with van der Waals surface area (Å²) in [5, 5.41) is 2.91. The molecule has 0 bridgehead atoms. The van der Waals surface area contributed by atoms with E-state index >= 15 is 0 Å². The Morgan fingerprint density at radius 3 is 2.85 bits per heavy atom. The molecule has 2 aliphatic heterocycles. The van der Waals surface area contributed by atoms with Gasteiger partial charge in [-0.25, -0.2) is 8.42 Å². The molecule has 0 aliphatic carbocycles. The number of nitrogens with zero attached hydrogens (tertiary/aromatic N) is 3. The number of guanidine groups is 1. The van der Waals surface area contributed by atoms with Gasteiger partial charge in [-0.05, 0) is 31.9 Å². The maximum Gasteiger partial charge on any atom is 0.218 e. The number of morpholine rings is 1. The van der Waals surface area contributed by atoms with Crippen LogP contribution in [0.5, 0.6) is 0 Å². The summed E-state index contributed by atoms with van der Waals surface area (Å²) in [4.78, 5) is 6.77. The third kappa shape index (κ3) is 5.24. The summed E-state index contributed by atoms with van der Waals surface area (Å²) in [5.74, 6) is 1.69. The lowest BCUT2D eigenvalue weighted by molar-refractivity contribution is 0.0722. The summed E-state index contributed by atoms with van der Waals surface area (Å²) in [6, 6.07) is 3.81. The van der Waals surface area contributed by atoms with E-state index in [1.807, 2.05) is 19.1 Å². The molecule has 1 N–H and O–H groups in total. The molecule has 2 fully saturated rings. The average Bonchev–Trinajstić information content (AvgIpc) is 3.22. The molecule has 0 radical (unpaired) electrons. The molecule has 1 aromatic rings. The molecule has 1 atom stereocenters. The van der Waals surface area contributed by atoms with E-state index in [-0.39, 0.29) is 0 Å². The second kappa shape index (κ2) is 9.57. The first kappa shape index (κ1) is 20.2. The van der Waals surface area contributed by atoms with Gasteiger partial charge in [-0.3, -0.25) is 4.99 Å². The Bertz CT molecular complexity index is 699. The SMILES string of the molecule is CCNC(=NCCc1ccco1)N1CCCC(S(=O)(=O)N2CCOCC2)C1. The molecular formula is C18H30N4O4S. The van der Waals surface area contributed by atoms with Crippen molar-refractivity contribution in [2.45, 2.75) is 31.4 Å². The van der Waals surface area contributed by atoms with E-state index in [2.05, 4.69) is 15.2 Å². The zero-order valence-electron chi connectivity index (χ0n) is 16.0. The summed E-state index contributed by atoms with van der Waals surface area (Å²) in [5.41, 5.74) is 0. The van der Waals surface area contributed by atoms with Crippen LogP contribution in [0.3, 0.4) is 0 Å². The first-order valence-corrected chi connectivity index (χ1v) is 11.2. The molecule has 2 saturated heterocycles. The standard InChI is InChI=1S/C18H30N4O4S/c1-2-19-18(20-8-7-16-5-4-12-26-16)21-9-3-6-17(15-21)27(23,24)22-10-13-25-14-11-22/h4-5,12,17H,2-3,6-11,13-15H2,1H3,(H,19,20). The van der Waals surface area contributed by atoms with Gasteiger partial charge in [-0.1, -0.05) is 0 Å². The van der Waals surface area contributed by atoms with Crippen molar-refractivity contribution in [1.82, 2.24) is 14.5 Å². The molecule has 1 aromatic heterocycles. The van der Waals surface area contributed by atoms with E-state index in [0.29, 0.717) is 45.8 Å². The van der Waals surface area contributed by atoms with Crippen molar-refractivity contribution in [3.05, 3.63) is 24.2 Å². The maximum atomic E-state index is 13.0. The number of hydrogen-bond donors (Lipinski definition) is 1. The Balaban J connectivity index is 1.64. The topological polar surface area (TPSA) is 87.4 Å². The van der Waals surface area contributed by atoms with Gasteiger partial charge in [0, 0.05) is 45.7 Å². The third-order valence-corrected chi connectivity index (χ3v) is 7.28. The number of hydrogen-bond acceptors (Lipinski definition) is 5. The fourth-order valence-corrected chi connectivity index (χ4v) is 5.45.